The zero-order valence-corrected chi connectivity index (χ0v) is 9.70. The van der Waals surface area contributed by atoms with Gasteiger partial charge in [0.05, 0.1) is 6.07 Å². The van der Waals surface area contributed by atoms with Gasteiger partial charge in [-0.3, -0.25) is 0 Å². The predicted octanol–water partition coefficient (Wildman–Crippen LogP) is 4.03. The number of aryl methyl sites for hydroxylation is 1. The second kappa shape index (κ2) is 5.72. The van der Waals surface area contributed by atoms with E-state index in [-0.39, 0.29) is 0 Å². The van der Waals surface area contributed by atoms with E-state index in [4.69, 9.17) is 5.26 Å². The number of hydrogen-bond acceptors (Lipinski definition) is 1. The van der Waals surface area contributed by atoms with E-state index in [1.165, 1.54) is 5.56 Å². The largest absolute Gasteiger partial charge is 0.193 e. The Bertz CT molecular complexity index is 467. The molecule has 0 spiro atoms. The van der Waals surface area contributed by atoms with Crippen LogP contribution in [0.15, 0.2) is 54.6 Å². The van der Waals surface area contributed by atoms with Crippen LogP contribution < -0.4 is 0 Å². The van der Waals surface area contributed by atoms with Crippen molar-refractivity contribution < 1.29 is 0 Å². The molecule has 0 fully saturated rings. The Kier molecular flexibility index (Phi) is 4.29. The van der Waals surface area contributed by atoms with E-state index >= 15 is 0 Å². The maximum Gasteiger partial charge on any atom is 0.0944 e. The lowest BCUT2D eigenvalue weighted by Gasteiger charge is -2.01. The van der Waals surface area contributed by atoms with E-state index < -0.39 is 0 Å². The van der Waals surface area contributed by atoms with Crippen LogP contribution in [0.2, 0.25) is 0 Å². The summed E-state index contributed by atoms with van der Waals surface area (Å²) in [6.07, 6.45) is 5.51. The molecule has 0 heterocycles. The summed E-state index contributed by atoms with van der Waals surface area (Å²) < 4.78 is 0. The molecule has 0 aliphatic heterocycles. The van der Waals surface area contributed by atoms with Gasteiger partial charge in [-0.05, 0) is 31.1 Å². The SMILES string of the molecule is C=C/C(=C\C=C(/C)C#N)c1ccc(C)cc1. The fourth-order valence-corrected chi connectivity index (χ4v) is 1.28. The molecule has 0 aliphatic carbocycles. The molecule has 0 aromatic heterocycles. The summed E-state index contributed by atoms with van der Waals surface area (Å²) in [6.45, 7) is 7.62. The molecule has 1 rings (SSSR count). The standard InChI is InChI=1S/C15H15N/c1-4-14(8-7-13(3)11-16)15-9-5-12(2)6-10-15/h4-10H,1H2,2-3H3/b13-7+,14-8+. The highest BCUT2D eigenvalue weighted by Crippen LogP contribution is 2.16. The molecule has 16 heavy (non-hydrogen) atoms. The van der Waals surface area contributed by atoms with Gasteiger partial charge in [0, 0.05) is 5.57 Å². The first-order valence-corrected chi connectivity index (χ1v) is 5.15. The van der Waals surface area contributed by atoms with Gasteiger partial charge in [-0.15, -0.1) is 0 Å². The van der Waals surface area contributed by atoms with E-state index in [1.807, 2.05) is 6.08 Å². The average molecular weight is 209 g/mol. The van der Waals surface area contributed by atoms with Crippen molar-refractivity contribution in [3.63, 3.8) is 0 Å². The van der Waals surface area contributed by atoms with Crippen LogP contribution in [0.1, 0.15) is 18.1 Å². The van der Waals surface area contributed by atoms with Crippen molar-refractivity contribution in [2.75, 3.05) is 0 Å². The van der Waals surface area contributed by atoms with Crippen molar-refractivity contribution in [3.8, 4) is 6.07 Å². The summed E-state index contributed by atoms with van der Waals surface area (Å²) in [5.74, 6) is 0. The summed E-state index contributed by atoms with van der Waals surface area (Å²) in [7, 11) is 0. The van der Waals surface area contributed by atoms with Crippen LogP contribution in [-0.4, -0.2) is 0 Å². The Morgan fingerprint density at radius 2 is 1.88 bits per heavy atom. The number of benzene rings is 1. The topological polar surface area (TPSA) is 23.8 Å². The fourth-order valence-electron chi connectivity index (χ4n) is 1.28. The van der Waals surface area contributed by atoms with Crippen LogP contribution in [0.5, 0.6) is 0 Å². The molecule has 0 N–H and O–H groups in total. The molecule has 0 amide bonds. The Labute approximate surface area is 97.0 Å². The predicted molar refractivity (Wildman–Crippen MR) is 68.7 cm³/mol. The summed E-state index contributed by atoms with van der Waals surface area (Å²) >= 11 is 0. The highest BCUT2D eigenvalue weighted by Gasteiger charge is 1.95. The number of nitrogens with zero attached hydrogens (tertiary/aromatic N) is 1. The summed E-state index contributed by atoms with van der Waals surface area (Å²) in [5.41, 5.74) is 4.06. The number of hydrogen-bond donors (Lipinski definition) is 0. The van der Waals surface area contributed by atoms with Crippen molar-refractivity contribution >= 4 is 5.57 Å². The highest BCUT2D eigenvalue weighted by molar-refractivity contribution is 5.74. The van der Waals surface area contributed by atoms with Crippen LogP contribution in [0, 0.1) is 18.3 Å². The van der Waals surface area contributed by atoms with E-state index in [9.17, 15) is 0 Å². The van der Waals surface area contributed by atoms with E-state index in [0.717, 1.165) is 11.1 Å². The molecule has 0 saturated carbocycles. The minimum Gasteiger partial charge on any atom is -0.193 e. The number of allylic oxidation sites excluding steroid dienone is 5. The van der Waals surface area contributed by atoms with E-state index in [1.54, 1.807) is 19.1 Å². The monoisotopic (exact) mass is 209 g/mol. The fraction of sp³-hybridized carbons (Fsp3) is 0.133. The molecule has 0 saturated heterocycles. The summed E-state index contributed by atoms with van der Waals surface area (Å²) in [6, 6.07) is 10.3. The molecule has 0 radical (unpaired) electrons. The average Bonchev–Trinajstić information content (AvgIpc) is 2.31. The van der Waals surface area contributed by atoms with Crippen LogP contribution in [0.3, 0.4) is 0 Å². The molecule has 1 nitrogen and oxygen atoms in total. The van der Waals surface area contributed by atoms with Gasteiger partial charge >= 0.3 is 0 Å². The molecule has 0 unspecified atom stereocenters. The van der Waals surface area contributed by atoms with Crippen LogP contribution >= 0.6 is 0 Å². The van der Waals surface area contributed by atoms with E-state index in [0.29, 0.717) is 5.57 Å². The molecule has 1 heteroatoms. The number of rotatable bonds is 3. The van der Waals surface area contributed by atoms with Crippen LogP contribution in [0.4, 0.5) is 0 Å². The minimum atomic E-state index is 0.687. The number of nitriles is 1. The van der Waals surface area contributed by atoms with Crippen LogP contribution in [-0.2, 0) is 0 Å². The zero-order valence-electron chi connectivity index (χ0n) is 9.70. The first kappa shape index (κ1) is 12.0. The first-order valence-electron chi connectivity index (χ1n) is 5.15. The third-order valence-electron chi connectivity index (χ3n) is 2.29. The summed E-state index contributed by atoms with van der Waals surface area (Å²) in [4.78, 5) is 0. The highest BCUT2D eigenvalue weighted by atomic mass is 14.2. The summed E-state index contributed by atoms with van der Waals surface area (Å²) in [5, 5.41) is 8.65. The third kappa shape index (κ3) is 3.25. The third-order valence-corrected chi connectivity index (χ3v) is 2.29. The lowest BCUT2D eigenvalue weighted by Crippen LogP contribution is -1.81. The molecule has 0 atom stereocenters. The van der Waals surface area contributed by atoms with Crippen molar-refractivity contribution in [1.29, 1.82) is 5.26 Å². The molecular weight excluding hydrogens is 194 g/mol. The normalized spacial score (nSPS) is 12.1. The Hall–Kier alpha value is -2.07. The second-order valence-electron chi connectivity index (χ2n) is 3.65. The molecule has 0 aliphatic rings. The molecule has 1 aromatic rings. The minimum absolute atomic E-state index is 0.687. The van der Waals surface area contributed by atoms with Gasteiger partial charge in [0.25, 0.3) is 0 Å². The van der Waals surface area contributed by atoms with Gasteiger partial charge in [-0.2, -0.15) is 5.26 Å². The lowest BCUT2D eigenvalue weighted by atomic mass is 10.0. The van der Waals surface area contributed by atoms with Gasteiger partial charge in [0.15, 0.2) is 0 Å². The second-order valence-corrected chi connectivity index (χ2v) is 3.65. The maximum absolute atomic E-state index is 8.65. The first-order chi connectivity index (χ1) is 7.67. The maximum atomic E-state index is 8.65. The van der Waals surface area contributed by atoms with Crippen molar-refractivity contribution in [1.82, 2.24) is 0 Å². The van der Waals surface area contributed by atoms with Gasteiger partial charge in [0.2, 0.25) is 0 Å². The van der Waals surface area contributed by atoms with Gasteiger partial charge in [-0.1, -0.05) is 48.6 Å². The molecule has 80 valence electrons. The lowest BCUT2D eigenvalue weighted by molar-refractivity contribution is 1.44. The zero-order chi connectivity index (χ0) is 12.0. The Morgan fingerprint density at radius 3 is 2.38 bits per heavy atom. The molecular formula is C15H15N. The Morgan fingerprint density at radius 1 is 1.25 bits per heavy atom. The van der Waals surface area contributed by atoms with E-state index in [2.05, 4.69) is 43.8 Å². The van der Waals surface area contributed by atoms with Crippen molar-refractivity contribution in [2.45, 2.75) is 13.8 Å². The molecule has 1 aromatic carbocycles. The van der Waals surface area contributed by atoms with Gasteiger partial charge in [-0.25, -0.2) is 0 Å². The molecule has 0 bridgehead atoms. The van der Waals surface area contributed by atoms with Crippen molar-refractivity contribution in [3.05, 3.63) is 65.8 Å². The van der Waals surface area contributed by atoms with Crippen molar-refractivity contribution in [2.24, 2.45) is 0 Å². The van der Waals surface area contributed by atoms with Crippen LogP contribution in [0.25, 0.3) is 5.57 Å². The Balaban J connectivity index is 3.04. The van der Waals surface area contributed by atoms with Gasteiger partial charge in [0.1, 0.15) is 0 Å². The smallest absolute Gasteiger partial charge is 0.0944 e. The van der Waals surface area contributed by atoms with Gasteiger partial charge < -0.3 is 0 Å². The quantitative estimate of drug-likeness (QED) is 0.544.